The number of hydrogen-bond donors (Lipinski definition) is 1. The molecule has 0 saturated heterocycles. The van der Waals surface area contributed by atoms with Gasteiger partial charge in [-0.1, -0.05) is 23.2 Å². The molecule has 0 bridgehead atoms. The molecule has 7 heteroatoms. The van der Waals surface area contributed by atoms with Gasteiger partial charge in [0.15, 0.2) is 5.75 Å². The van der Waals surface area contributed by atoms with Crippen LogP contribution < -0.4 is 16.0 Å². The summed E-state index contributed by atoms with van der Waals surface area (Å²) in [4.78, 5) is 11.4. The number of anilines is 1. The van der Waals surface area contributed by atoms with E-state index < -0.39 is 0 Å². The molecular weight excluding hydrogens is 289 g/mol. The molecule has 0 aliphatic carbocycles. The highest BCUT2D eigenvalue weighted by atomic mass is 35.5. The van der Waals surface area contributed by atoms with Crippen molar-refractivity contribution in [2.45, 2.75) is 13.5 Å². The number of aromatic nitrogens is 2. The first-order valence-corrected chi connectivity index (χ1v) is 6.27. The molecule has 100 valence electrons. The molecule has 19 heavy (non-hydrogen) atoms. The molecule has 0 spiro atoms. The van der Waals surface area contributed by atoms with Gasteiger partial charge in [-0.2, -0.15) is 0 Å². The molecule has 5 nitrogen and oxygen atoms in total. The van der Waals surface area contributed by atoms with E-state index in [4.69, 9.17) is 33.7 Å². The van der Waals surface area contributed by atoms with Gasteiger partial charge in [0.05, 0.1) is 10.0 Å². The molecule has 1 aromatic carbocycles. The largest absolute Gasteiger partial charge is 0.434 e. The number of ether oxygens (including phenoxy) is 1. The number of aryl methyl sites for hydroxylation is 1. The fourth-order valence-corrected chi connectivity index (χ4v) is 2.07. The lowest BCUT2D eigenvalue weighted by Gasteiger charge is -2.10. The second kappa shape index (κ2) is 5.50. The maximum atomic E-state index is 11.4. The summed E-state index contributed by atoms with van der Waals surface area (Å²) in [7, 11) is 0. The van der Waals surface area contributed by atoms with Gasteiger partial charge < -0.3 is 10.5 Å². The van der Waals surface area contributed by atoms with Gasteiger partial charge in [-0.15, -0.1) is 5.10 Å². The van der Waals surface area contributed by atoms with Gasteiger partial charge in [-0.05, 0) is 19.1 Å². The summed E-state index contributed by atoms with van der Waals surface area (Å²) in [6.07, 6.45) is 0. The van der Waals surface area contributed by atoms with E-state index in [1.54, 1.807) is 6.92 Å². The van der Waals surface area contributed by atoms with Crippen LogP contribution >= 0.6 is 23.2 Å². The van der Waals surface area contributed by atoms with Crippen molar-refractivity contribution in [3.05, 3.63) is 44.7 Å². The molecule has 0 atom stereocenters. The standard InChI is InChI=1S/C12H11Cl2N3O2/c1-2-17-11(18)4-3-10(16-17)19-12-8(13)5-7(15)6-9(12)14/h3-6H,2,15H2,1H3. The Balaban J connectivity index is 2.39. The van der Waals surface area contributed by atoms with Crippen molar-refractivity contribution < 1.29 is 4.74 Å². The summed E-state index contributed by atoms with van der Waals surface area (Å²) < 4.78 is 6.77. The minimum absolute atomic E-state index is 0.204. The number of nitrogen functional groups attached to an aromatic ring is 1. The smallest absolute Gasteiger partial charge is 0.266 e. The van der Waals surface area contributed by atoms with E-state index in [1.807, 2.05) is 0 Å². The topological polar surface area (TPSA) is 70.1 Å². The van der Waals surface area contributed by atoms with Crippen molar-refractivity contribution in [1.82, 2.24) is 9.78 Å². The first kappa shape index (κ1) is 13.7. The third-order valence-electron chi connectivity index (χ3n) is 2.37. The van der Waals surface area contributed by atoms with Crippen LogP contribution in [0.15, 0.2) is 29.1 Å². The predicted molar refractivity (Wildman–Crippen MR) is 75.1 cm³/mol. The van der Waals surface area contributed by atoms with Gasteiger partial charge in [0.1, 0.15) is 0 Å². The molecule has 2 aromatic rings. The molecule has 0 aliphatic rings. The summed E-state index contributed by atoms with van der Waals surface area (Å²) >= 11 is 12.0. The van der Waals surface area contributed by atoms with Gasteiger partial charge in [-0.3, -0.25) is 4.79 Å². The van der Waals surface area contributed by atoms with E-state index in [0.29, 0.717) is 12.2 Å². The Kier molecular flexibility index (Phi) is 3.97. The molecule has 1 heterocycles. The first-order chi connectivity index (χ1) is 9.01. The van der Waals surface area contributed by atoms with Crippen molar-refractivity contribution >= 4 is 28.9 Å². The van der Waals surface area contributed by atoms with Crippen molar-refractivity contribution in [2.24, 2.45) is 0 Å². The molecule has 0 amide bonds. The lowest BCUT2D eigenvalue weighted by molar-refractivity contribution is 0.432. The van der Waals surface area contributed by atoms with E-state index in [1.165, 1.54) is 28.9 Å². The molecule has 0 saturated carbocycles. The lowest BCUT2D eigenvalue weighted by Crippen LogP contribution is -2.20. The maximum absolute atomic E-state index is 11.4. The van der Waals surface area contributed by atoms with Crippen molar-refractivity contribution in [3.8, 4) is 11.6 Å². The summed E-state index contributed by atoms with van der Waals surface area (Å²) in [5, 5.41) is 4.58. The van der Waals surface area contributed by atoms with E-state index in [9.17, 15) is 4.79 Å². The van der Waals surface area contributed by atoms with Gasteiger partial charge in [0.25, 0.3) is 5.56 Å². The molecule has 0 fully saturated rings. The second-order valence-corrected chi connectivity index (χ2v) is 4.56. The van der Waals surface area contributed by atoms with Gasteiger partial charge in [0, 0.05) is 24.4 Å². The second-order valence-electron chi connectivity index (χ2n) is 3.74. The zero-order chi connectivity index (χ0) is 14.0. The molecule has 0 unspecified atom stereocenters. The fraction of sp³-hybridized carbons (Fsp3) is 0.167. The average molecular weight is 300 g/mol. The van der Waals surface area contributed by atoms with Crippen molar-refractivity contribution in [2.75, 3.05) is 5.73 Å². The normalized spacial score (nSPS) is 10.5. The zero-order valence-electron chi connectivity index (χ0n) is 10.1. The number of nitrogens with zero attached hydrogens (tertiary/aromatic N) is 2. The Morgan fingerprint density at radius 2 is 1.95 bits per heavy atom. The van der Waals surface area contributed by atoms with Crippen LogP contribution in [0.25, 0.3) is 0 Å². The van der Waals surface area contributed by atoms with Gasteiger partial charge in [0.2, 0.25) is 5.88 Å². The van der Waals surface area contributed by atoms with Crippen molar-refractivity contribution in [1.29, 1.82) is 0 Å². The van der Waals surface area contributed by atoms with Crippen molar-refractivity contribution in [3.63, 3.8) is 0 Å². The molecule has 0 aliphatic heterocycles. The van der Waals surface area contributed by atoms with Gasteiger partial charge in [-0.25, -0.2) is 4.68 Å². The molecular formula is C12H11Cl2N3O2. The highest BCUT2D eigenvalue weighted by Crippen LogP contribution is 2.37. The van der Waals surface area contributed by atoms with Crippen LogP contribution in [0.1, 0.15) is 6.92 Å². The highest BCUT2D eigenvalue weighted by molar-refractivity contribution is 6.37. The minimum Gasteiger partial charge on any atom is -0.434 e. The van der Waals surface area contributed by atoms with Crippen LogP contribution in [0.2, 0.25) is 10.0 Å². The Morgan fingerprint density at radius 3 is 2.53 bits per heavy atom. The quantitative estimate of drug-likeness (QED) is 0.885. The van der Waals surface area contributed by atoms with Crippen LogP contribution in [-0.4, -0.2) is 9.78 Å². The summed E-state index contributed by atoms with van der Waals surface area (Å²) in [6.45, 7) is 2.25. The summed E-state index contributed by atoms with van der Waals surface area (Å²) in [5.41, 5.74) is 5.84. The van der Waals surface area contributed by atoms with Crippen LogP contribution in [0.4, 0.5) is 5.69 Å². The van der Waals surface area contributed by atoms with Crippen LogP contribution in [0.3, 0.4) is 0 Å². The maximum Gasteiger partial charge on any atom is 0.266 e. The molecule has 0 radical (unpaired) electrons. The summed E-state index contributed by atoms with van der Waals surface area (Å²) in [5.74, 6) is 0.487. The highest BCUT2D eigenvalue weighted by Gasteiger charge is 2.11. The number of rotatable bonds is 3. The number of halogens is 2. The Hall–Kier alpha value is -1.72. The first-order valence-electron chi connectivity index (χ1n) is 5.51. The third-order valence-corrected chi connectivity index (χ3v) is 2.93. The molecule has 2 N–H and O–H groups in total. The zero-order valence-corrected chi connectivity index (χ0v) is 11.6. The van der Waals surface area contributed by atoms with E-state index in [-0.39, 0.29) is 27.2 Å². The Bertz CT molecular complexity index is 647. The number of hydrogen-bond acceptors (Lipinski definition) is 4. The van der Waals surface area contributed by atoms with Gasteiger partial charge >= 0.3 is 0 Å². The average Bonchev–Trinajstić information content (AvgIpc) is 2.35. The SMILES string of the molecule is CCn1nc(Oc2c(Cl)cc(N)cc2Cl)ccc1=O. The molecule has 1 aromatic heterocycles. The number of nitrogens with two attached hydrogens (primary N) is 1. The van der Waals surface area contributed by atoms with E-state index in [0.717, 1.165) is 0 Å². The fourth-order valence-electron chi connectivity index (χ4n) is 1.49. The monoisotopic (exact) mass is 299 g/mol. The third kappa shape index (κ3) is 3.00. The lowest BCUT2D eigenvalue weighted by atomic mass is 10.3. The summed E-state index contributed by atoms with van der Waals surface area (Å²) in [6, 6.07) is 5.87. The Labute approximate surface area is 119 Å². The predicted octanol–water partition coefficient (Wildman–Crippen LogP) is 2.94. The van der Waals surface area contributed by atoms with Crippen LogP contribution in [0, 0.1) is 0 Å². The van der Waals surface area contributed by atoms with E-state index in [2.05, 4.69) is 5.10 Å². The van der Waals surface area contributed by atoms with E-state index >= 15 is 0 Å². The minimum atomic E-state index is -0.204. The molecule has 2 rings (SSSR count). The van der Waals surface area contributed by atoms with Crippen LogP contribution in [0.5, 0.6) is 11.6 Å². The number of benzene rings is 1. The Morgan fingerprint density at radius 1 is 1.32 bits per heavy atom. The van der Waals surface area contributed by atoms with Crippen LogP contribution in [-0.2, 0) is 6.54 Å².